The van der Waals surface area contributed by atoms with E-state index in [-0.39, 0.29) is 5.97 Å². The maximum atomic E-state index is 11.2. The quantitative estimate of drug-likeness (QED) is 0.539. The summed E-state index contributed by atoms with van der Waals surface area (Å²) < 4.78 is 5.04. The van der Waals surface area contributed by atoms with Crippen LogP contribution in [0.15, 0.2) is 23.8 Å². The molecule has 1 aliphatic heterocycles. The van der Waals surface area contributed by atoms with Crippen LogP contribution in [0.2, 0.25) is 0 Å². The van der Waals surface area contributed by atoms with E-state index >= 15 is 0 Å². The van der Waals surface area contributed by atoms with Crippen molar-refractivity contribution >= 4 is 5.97 Å². The number of rotatable bonds is 3. The molecule has 3 aliphatic rings. The number of carbonyl (C=O) groups excluding carboxylic acids is 1. The minimum atomic E-state index is -0.166. The topological polar surface area (TPSA) is 26.3 Å². The number of hydrogen-bond donors (Lipinski definition) is 0. The Kier molecular flexibility index (Phi) is 3.99. The molecular weight excluding hydrogens is 272 g/mol. The second kappa shape index (κ2) is 5.54. The van der Waals surface area contributed by atoms with Gasteiger partial charge in [0.05, 0.1) is 0 Å². The number of carbonyl (C=O) groups is 1. The fraction of sp³-hybridized carbons (Fsp3) is 0.750. The van der Waals surface area contributed by atoms with E-state index < -0.39 is 0 Å². The summed E-state index contributed by atoms with van der Waals surface area (Å²) in [4.78, 5) is 11.2. The maximum absolute atomic E-state index is 11.2. The first-order valence-corrected chi connectivity index (χ1v) is 8.87. The lowest BCUT2D eigenvalue weighted by Crippen LogP contribution is -2.49. The Morgan fingerprint density at radius 3 is 2.77 bits per heavy atom. The number of ether oxygens (including phenoxy) is 1. The van der Waals surface area contributed by atoms with Crippen LogP contribution in [0, 0.1) is 22.7 Å². The lowest BCUT2D eigenvalue weighted by Gasteiger charge is -2.58. The Morgan fingerprint density at radius 2 is 2.09 bits per heavy atom. The molecule has 1 heterocycles. The Balaban J connectivity index is 1.77. The molecule has 0 amide bonds. The Labute approximate surface area is 135 Å². The van der Waals surface area contributed by atoms with E-state index in [9.17, 15) is 4.79 Å². The summed E-state index contributed by atoms with van der Waals surface area (Å²) in [7, 11) is 0. The van der Waals surface area contributed by atoms with Crippen molar-refractivity contribution in [3.05, 3.63) is 23.8 Å². The van der Waals surface area contributed by atoms with Crippen molar-refractivity contribution in [1.82, 2.24) is 0 Å². The molecule has 2 heteroatoms. The third-order valence-corrected chi connectivity index (χ3v) is 6.79. The number of hydrogen-bond acceptors (Lipinski definition) is 2. The molecule has 122 valence electrons. The Morgan fingerprint density at radius 1 is 1.32 bits per heavy atom. The highest BCUT2D eigenvalue weighted by Gasteiger charge is 2.52. The van der Waals surface area contributed by atoms with Crippen LogP contribution < -0.4 is 0 Å². The van der Waals surface area contributed by atoms with Gasteiger partial charge in [-0.25, -0.2) is 4.79 Å². The first-order valence-electron chi connectivity index (χ1n) is 8.87. The summed E-state index contributed by atoms with van der Waals surface area (Å²) in [5.41, 5.74) is 3.46. The molecular formula is C20H30O2. The SMILES string of the molecule is C=C1CCC2C(C)(C)CCCC2(C)C1CCC1=CC(=O)OC1. The molecule has 0 radical (unpaired) electrons. The van der Waals surface area contributed by atoms with Crippen LogP contribution in [0.25, 0.3) is 0 Å². The molecule has 2 nitrogen and oxygen atoms in total. The third-order valence-electron chi connectivity index (χ3n) is 6.79. The highest BCUT2D eigenvalue weighted by molar-refractivity contribution is 5.85. The largest absolute Gasteiger partial charge is 0.458 e. The fourth-order valence-electron chi connectivity index (χ4n) is 5.70. The van der Waals surface area contributed by atoms with Crippen molar-refractivity contribution in [3.8, 4) is 0 Å². The minimum Gasteiger partial charge on any atom is -0.458 e. The minimum absolute atomic E-state index is 0.166. The number of allylic oxidation sites excluding steroid dienone is 1. The van der Waals surface area contributed by atoms with Crippen LogP contribution >= 0.6 is 0 Å². The van der Waals surface area contributed by atoms with Crippen molar-refractivity contribution in [2.24, 2.45) is 22.7 Å². The van der Waals surface area contributed by atoms with Crippen LogP contribution in [0.4, 0.5) is 0 Å². The summed E-state index contributed by atoms with van der Waals surface area (Å²) in [6.07, 6.45) is 10.3. The molecule has 2 fully saturated rings. The standard InChI is InChI=1S/C20H30O2/c1-14-6-9-17-19(2,3)10-5-11-20(17,4)16(14)8-7-15-12-18(21)22-13-15/h12,16-17H,1,5-11,13H2,2-4H3. The van der Waals surface area contributed by atoms with Gasteiger partial charge in [0.15, 0.2) is 0 Å². The monoisotopic (exact) mass is 302 g/mol. The van der Waals surface area contributed by atoms with Gasteiger partial charge in [-0.2, -0.15) is 0 Å². The molecule has 0 aromatic heterocycles. The predicted molar refractivity (Wildman–Crippen MR) is 89.4 cm³/mol. The van der Waals surface area contributed by atoms with Crippen molar-refractivity contribution in [3.63, 3.8) is 0 Å². The second-order valence-electron chi connectivity index (χ2n) is 8.60. The summed E-state index contributed by atoms with van der Waals surface area (Å²) >= 11 is 0. The maximum Gasteiger partial charge on any atom is 0.331 e. The zero-order valence-electron chi connectivity index (χ0n) is 14.4. The molecule has 0 N–H and O–H groups in total. The number of fused-ring (bicyclic) bond motifs is 1. The summed E-state index contributed by atoms with van der Waals surface area (Å²) in [6.45, 7) is 12.4. The molecule has 3 atom stereocenters. The molecule has 22 heavy (non-hydrogen) atoms. The number of esters is 1. The van der Waals surface area contributed by atoms with Crippen LogP contribution in [0.1, 0.15) is 65.7 Å². The average Bonchev–Trinajstić information content (AvgIpc) is 2.82. The molecule has 0 saturated heterocycles. The molecule has 2 aliphatic carbocycles. The van der Waals surface area contributed by atoms with Crippen LogP contribution in [0.3, 0.4) is 0 Å². The van der Waals surface area contributed by atoms with Crippen molar-refractivity contribution in [2.45, 2.75) is 65.7 Å². The van der Waals surface area contributed by atoms with Gasteiger partial charge < -0.3 is 4.74 Å². The van der Waals surface area contributed by atoms with Crippen LogP contribution in [0.5, 0.6) is 0 Å². The summed E-state index contributed by atoms with van der Waals surface area (Å²) in [5.74, 6) is 1.24. The Hall–Kier alpha value is -1.05. The van der Waals surface area contributed by atoms with E-state index in [1.54, 1.807) is 6.08 Å². The summed E-state index contributed by atoms with van der Waals surface area (Å²) in [5, 5.41) is 0. The zero-order chi connectivity index (χ0) is 16.0. The molecule has 3 unspecified atom stereocenters. The van der Waals surface area contributed by atoms with Gasteiger partial charge in [-0.1, -0.05) is 39.3 Å². The van der Waals surface area contributed by atoms with Crippen molar-refractivity contribution in [1.29, 1.82) is 0 Å². The van der Waals surface area contributed by atoms with Crippen molar-refractivity contribution in [2.75, 3.05) is 6.61 Å². The van der Waals surface area contributed by atoms with E-state index in [0.717, 1.165) is 18.8 Å². The highest BCUT2D eigenvalue weighted by Crippen LogP contribution is 2.61. The van der Waals surface area contributed by atoms with E-state index in [2.05, 4.69) is 27.4 Å². The smallest absolute Gasteiger partial charge is 0.331 e. The molecule has 0 spiro atoms. The fourth-order valence-corrected chi connectivity index (χ4v) is 5.70. The van der Waals surface area contributed by atoms with Crippen LogP contribution in [-0.4, -0.2) is 12.6 Å². The van der Waals surface area contributed by atoms with Gasteiger partial charge >= 0.3 is 5.97 Å². The van der Waals surface area contributed by atoms with E-state index in [1.165, 1.54) is 43.3 Å². The van der Waals surface area contributed by atoms with Gasteiger partial charge in [-0.15, -0.1) is 0 Å². The first-order chi connectivity index (χ1) is 10.3. The van der Waals surface area contributed by atoms with Gasteiger partial charge in [0.25, 0.3) is 0 Å². The zero-order valence-corrected chi connectivity index (χ0v) is 14.4. The van der Waals surface area contributed by atoms with E-state index in [4.69, 9.17) is 4.74 Å². The van der Waals surface area contributed by atoms with E-state index in [0.29, 0.717) is 23.4 Å². The predicted octanol–water partition coefficient (Wildman–Crippen LogP) is 5.05. The van der Waals surface area contributed by atoms with E-state index in [1.807, 2.05) is 0 Å². The lowest BCUT2D eigenvalue weighted by atomic mass is 9.47. The van der Waals surface area contributed by atoms with Crippen LogP contribution in [-0.2, 0) is 9.53 Å². The second-order valence-corrected chi connectivity index (χ2v) is 8.60. The molecule has 0 aromatic rings. The molecule has 3 rings (SSSR count). The molecule has 2 saturated carbocycles. The summed E-state index contributed by atoms with van der Waals surface area (Å²) in [6, 6.07) is 0. The van der Waals surface area contributed by atoms with Gasteiger partial charge in [0.2, 0.25) is 0 Å². The van der Waals surface area contributed by atoms with Gasteiger partial charge in [0, 0.05) is 6.08 Å². The normalized spacial score (nSPS) is 37.5. The highest BCUT2D eigenvalue weighted by atomic mass is 16.5. The van der Waals surface area contributed by atoms with Gasteiger partial charge in [-0.05, 0) is 66.8 Å². The number of cyclic esters (lactones) is 1. The van der Waals surface area contributed by atoms with Gasteiger partial charge in [0.1, 0.15) is 6.61 Å². The lowest BCUT2D eigenvalue weighted by molar-refractivity contribution is -0.134. The molecule has 0 bridgehead atoms. The first kappa shape index (κ1) is 15.8. The van der Waals surface area contributed by atoms with Gasteiger partial charge in [-0.3, -0.25) is 0 Å². The molecule has 0 aromatic carbocycles. The average molecular weight is 302 g/mol. The Bertz CT molecular complexity index is 514. The third kappa shape index (κ3) is 2.66. The van der Waals surface area contributed by atoms with Crippen molar-refractivity contribution < 1.29 is 9.53 Å².